The van der Waals surface area contributed by atoms with Crippen LogP contribution in [0.4, 0.5) is 5.95 Å². The fraction of sp³-hybridized carbons (Fsp3) is 0.227. The lowest BCUT2D eigenvalue weighted by atomic mass is 10.1. The SMILES string of the molecule is COc1ccc(CNc2nc(C)cc(C(=O)NCCc3ccccc3)n2)cc1. The third kappa shape index (κ3) is 5.54. The van der Waals surface area contributed by atoms with Crippen LogP contribution in [0.2, 0.25) is 0 Å². The molecular weight excluding hydrogens is 352 g/mol. The van der Waals surface area contributed by atoms with Gasteiger partial charge in [0.25, 0.3) is 5.91 Å². The first-order chi connectivity index (χ1) is 13.6. The molecule has 6 heteroatoms. The number of hydrogen-bond donors (Lipinski definition) is 2. The van der Waals surface area contributed by atoms with Gasteiger partial charge in [-0.2, -0.15) is 0 Å². The van der Waals surface area contributed by atoms with E-state index < -0.39 is 0 Å². The molecule has 0 saturated carbocycles. The normalized spacial score (nSPS) is 10.4. The molecule has 6 nitrogen and oxygen atoms in total. The molecule has 0 atom stereocenters. The molecule has 0 aliphatic carbocycles. The zero-order valence-corrected chi connectivity index (χ0v) is 16.1. The summed E-state index contributed by atoms with van der Waals surface area (Å²) in [7, 11) is 1.64. The Hall–Kier alpha value is -3.41. The van der Waals surface area contributed by atoms with Gasteiger partial charge in [0.05, 0.1) is 7.11 Å². The monoisotopic (exact) mass is 376 g/mol. The Morgan fingerprint density at radius 3 is 2.46 bits per heavy atom. The second kappa shape index (κ2) is 9.50. The minimum atomic E-state index is -0.200. The molecule has 2 aromatic carbocycles. The maximum atomic E-state index is 12.4. The number of nitrogens with zero attached hydrogens (tertiary/aromatic N) is 2. The highest BCUT2D eigenvalue weighted by molar-refractivity contribution is 5.92. The average Bonchev–Trinajstić information content (AvgIpc) is 2.73. The van der Waals surface area contributed by atoms with Crippen LogP contribution in [0.15, 0.2) is 60.7 Å². The summed E-state index contributed by atoms with van der Waals surface area (Å²) in [5.74, 6) is 1.04. The number of nitrogens with one attached hydrogen (secondary N) is 2. The number of ether oxygens (including phenoxy) is 1. The van der Waals surface area contributed by atoms with Crippen LogP contribution in [-0.4, -0.2) is 29.5 Å². The van der Waals surface area contributed by atoms with Gasteiger partial charge in [-0.3, -0.25) is 4.79 Å². The molecule has 1 heterocycles. The van der Waals surface area contributed by atoms with Crippen molar-refractivity contribution in [1.82, 2.24) is 15.3 Å². The predicted octanol–water partition coefficient (Wildman–Crippen LogP) is 3.38. The third-order valence-corrected chi connectivity index (χ3v) is 4.24. The van der Waals surface area contributed by atoms with Crippen molar-refractivity contribution in [2.24, 2.45) is 0 Å². The number of anilines is 1. The Kier molecular flexibility index (Phi) is 6.57. The summed E-state index contributed by atoms with van der Waals surface area (Å²) in [6, 6.07) is 19.5. The number of carbonyl (C=O) groups excluding carboxylic acids is 1. The van der Waals surface area contributed by atoms with Gasteiger partial charge >= 0.3 is 0 Å². The lowest BCUT2D eigenvalue weighted by Crippen LogP contribution is -2.27. The van der Waals surface area contributed by atoms with Gasteiger partial charge in [-0.25, -0.2) is 9.97 Å². The van der Waals surface area contributed by atoms with Crippen molar-refractivity contribution in [1.29, 1.82) is 0 Å². The van der Waals surface area contributed by atoms with Gasteiger partial charge in [0, 0.05) is 18.8 Å². The number of amides is 1. The minimum absolute atomic E-state index is 0.200. The topological polar surface area (TPSA) is 76.1 Å². The molecular formula is C22H24N4O2. The van der Waals surface area contributed by atoms with Crippen LogP contribution in [-0.2, 0) is 13.0 Å². The van der Waals surface area contributed by atoms with E-state index in [0.717, 1.165) is 23.4 Å². The molecule has 1 aromatic heterocycles. The van der Waals surface area contributed by atoms with Crippen LogP contribution in [0.3, 0.4) is 0 Å². The van der Waals surface area contributed by atoms with E-state index in [2.05, 4.69) is 20.6 Å². The zero-order valence-electron chi connectivity index (χ0n) is 16.1. The first-order valence-corrected chi connectivity index (χ1v) is 9.18. The number of aryl methyl sites for hydroxylation is 1. The molecule has 0 aliphatic rings. The van der Waals surface area contributed by atoms with Gasteiger partial charge in [-0.05, 0) is 42.7 Å². The number of benzene rings is 2. The van der Waals surface area contributed by atoms with E-state index in [1.54, 1.807) is 13.2 Å². The molecule has 3 rings (SSSR count). The van der Waals surface area contributed by atoms with Crippen molar-refractivity contribution in [2.45, 2.75) is 19.9 Å². The molecule has 0 aliphatic heterocycles. The van der Waals surface area contributed by atoms with Gasteiger partial charge in [0.1, 0.15) is 11.4 Å². The van der Waals surface area contributed by atoms with Crippen LogP contribution < -0.4 is 15.4 Å². The maximum Gasteiger partial charge on any atom is 0.270 e. The second-order valence-corrected chi connectivity index (χ2v) is 6.41. The lowest BCUT2D eigenvalue weighted by Gasteiger charge is -2.09. The van der Waals surface area contributed by atoms with Crippen molar-refractivity contribution in [3.8, 4) is 5.75 Å². The first kappa shape index (κ1) is 19.4. The van der Waals surface area contributed by atoms with Crippen molar-refractivity contribution < 1.29 is 9.53 Å². The van der Waals surface area contributed by atoms with Crippen LogP contribution in [0.1, 0.15) is 27.3 Å². The van der Waals surface area contributed by atoms with Crippen LogP contribution >= 0.6 is 0 Å². The Bertz CT molecular complexity index is 912. The highest BCUT2D eigenvalue weighted by Crippen LogP contribution is 2.13. The molecule has 28 heavy (non-hydrogen) atoms. The van der Waals surface area contributed by atoms with Crippen molar-refractivity contribution in [2.75, 3.05) is 19.0 Å². The second-order valence-electron chi connectivity index (χ2n) is 6.41. The maximum absolute atomic E-state index is 12.4. The van der Waals surface area contributed by atoms with Crippen molar-refractivity contribution in [3.05, 3.63) is 83.2 Å². The summed E-state index contributed by atoms with van der Waals surface area (Å²) in [5, 5.41) is 6.09. The highest BCUT2D eigenvalue weighted by atomic mass is 16.5. The molecule has 0 fully saturated rings. The number of rotatable bonds is 8. The minimum Gasteiger partial charge on any atom is -0.497 e. The Labute approximate surface area is 165 Å². The van der Waals surface area contributed by atoms with E-state index in [0.29, 0.717) is 24.7 Å². The molecule has 144 valence electrons. The predicted molar refractivity (Wildman–Crippen MR) is 110 cm³/mol. The van der Waals surface area contributed by atoms with Crippen molar-refractivity contribution >= 4 is 11.9 Å². The molecule has 3 aromatic rings. The lowest BCUT2D eigenvalue weighted by molar-refractivity contribution is 0.0949. The Morgan fingerprint density at radius 2 is 1.75 bits per heavy atom. The average molecular weight is 376 g/mol. The van der Waals surface area contributed by atoms with Crippen molar-refractivity contribution in [3.63, 3.8) is 0 Å². The number of aromatic nitrogens is 2. The molecule has 0 radical (unpaired) electrons. The van der Waals surface area contributed by atoms with E-state index in [1.165, 1.54) is 5.56 Å². The Morgan fingerprint density at radius 1 is 1.00 bits per heavy atom. The quantitative estimate of drug-likeness (QED) is 0.630. The number of hydrogen-bond acceptors (Lipinski definition) is 5. The molecule has 1 amide bonds. The Balaban J connectivity index is 1.57. The van der Waals surface area contributed by atoms with Crippen LogP contribution in [0.25, 0.3) is 0 Å². The summed E-state index contributed by atoms with van der Waals surface area (Å²) in [6.45, 7) is 2.96. The van der Waals surface area contributed by atoms with E-state index in [-0.39, 0.29) is 5.91 Å². The van der Waals surface area contributed by atoms with Gasteiger partial charge in [-0.15, -0.1) is 0 Å². The largest absolute Gasteiger partial charge is 0.497 e. The smallest absolute Gasteiger partial charge is 0.270 e. The fourth-order valence-corrected chi connectivity index (χ4v) is 2.74. The van der Waals surface area contributed by atoms with E-state index >= 15 is 0 Å². The number of carbonyl (C=O) groups is 1. The molecule has 2 N–H and O–H groups in total. The summed E-state index contributed by atoms with van der Waals surface area (Å²) in [5.41, 5.74) is 3.35. The van der Waals surface area contributed by atoms with E-state index in [1.807, 2.05) is 61.5 Å². The zero-order chi connectivity index (χ0) is 19.8. The summed E-state index contributed by atoms with van der Waals surface area (Å²) >= 11 is 0. The third-order valence-electron chi connectivity index (χ3n) is 4.24. The standard InChI is InChI=1S/C22H24N4O2/c1-16-14-20(21(27)23-13-12-17-6-4-3-5-7-17)26-22(25-16)24-15-18-8-10-19(28-2)11-9-18/h3-11,14H,12-13,15H2,1-2H3,(H,23,27)(H,24,25,26). The van der Waals surface area contributed by atoms with Crippen LogP contribution in [0, 0.1) is 6.92 Å². The summed E-state index contributed by atoms with van der Waals surface area (Å²) in [6.07, 6.45) is 0.777. The molecule has 0 spiro atoms. The summed E-state index contributed by atoms with van der Waals surface area (Å²) < 4.78 is 5.16. The van der Waals surface area contributed by atoms with Gasteiger partial charge in [-0.1, -0.05) is 42.5 Å². The molecule has 0 saturated heterocycles. The van der Waals surface area contributed by atoms with Gasteiger partial charge in [0.15, 0.2) is 0 Å². The molecule has 0 bridgehead atoms. The first-order valence-electron chi connectivity index (χ1n) is 9.18. The van der Waals surface area contributed by atoms with E-state index in [4.69, 9.17) is 4.74 Å². The van der Waals surface area contributed by atoms with E-state index in [9.17, 15) is 4.79 Å². The van der Waals surface area contributed by atoms with Crippen LogP contribution in [0.5, 0.6) is 5.75 Å². The van der Waals surface area contributed by atoms with Gasteiger partial charge in [0.2, 0.25) is 5.95 Å². The molecule has 0 unspecified atom stereocenters. The fourth-order valence-electron chi connectivity index (χ4n) is 2.74. The number of methoxy groups -OCH3 is 1. The highest BCUT2D eigenvalue weighted by Gasteiger charge is 2.10. The summed E-state index contributed by atoms with van der Waals surface area (Å²) in [4.78, 5) is 21.2. The van der Waals surface area contributed by atoms with Gasteiger partial charge < -0.3 is 15.4 Å².